The van der Waals surface area contributed by atoms with Gasteiger partial charge in [-0.25, -0.2) is 4.79 Å². The second-order valence-corrected chi connectivity index (χ2v) is 3.07. The molecule has 0 aliphatic heterocycles. The minimum absolute atomic E-state index is 0.0444. The highest BCUT2D eigenvalue weighted by atomic mass is 16.5. The summed E-state index contributed by atoms with van der Waals surface area (Å²) >= 11 is 0. The summed E-state index contributed by atoms with van der Waals surface area (Å²) in [7, 11) is 1.41. The molecule has 0 aliphatic rings. The number of hydrogen-bond donors (Lipinski definition) is 1. The number of rotatable bonds is 3. The molecule has 1 N–H and O–H groups in total. The Morgan fingerprint density at radius 3 is 2.94 bits per heavy atom. The summed E-state index contributed by atoms with van der Waals surface area (Å²) in [4.78, 5) is 21.3. The van der Waals surface area contributed by atoms with Gasteiger partial charge in [-0.2, -0.15) is 10.1 Å². The number of nitrogens with one attached hydrogen (secondary N) is 1. The number of aromatic amines is 1. The van der Waals surface area contributed by atoms with Crippen LogP contribution < -0.4 is 10.4 Å². The van der Waals surface area contributed by atoms with Crippen molar-refractivity contribution in [2.75, 3.05) is 7.11 Å². The molecule has 2 heterocycles. The number of ether oxygens (including phenoxy) is 1. The van der Waals surface area contributed by atoms with Gasteiger partial charge in [-0.3, -0.25) is 9.67 Å². The van der Waals surface area contributed by atoms with E-state index >= 15 is 0 Å². The van der Waals surface area contributed by atoms with Crippen LogP contribution in [0.5, 0.6) is 6.01 Å². The third-order valence-corrected chi connectivity index (χ3v) is 2.04. The van der Waals surface area contributed by atoms with Crippen molar-refractivity contribution in [1.29, 1.82) is 0 Å². The lowest BCUT2D eigenvalue weighted by Crippen LogP contribution is -2.14. The Kier molecular flexibility index (Phi) is 2.67. The van der Waals surface area contributed by atoms with Crippen molar-refractivity contribution in [2.24, 2.45) is 0 Å². The van der Waals surface area contributed by atoms with E-state index in [0.29, 0.717) is 5.82 Å². The number of aromatic nitrogens is 5. The van der Waals surface area contributed by atoms with Gasteiger partial charge < -0.3 is 4.74 Å². The number of methoxy groups -OCH3 is 1. The molecule has 7 heteroatoms. The average Bonchev–Trinajstić information content (AvgIpc) is 2.76. The maximum Gasteiger partial charge on any atom is 0.351 e. The van der Waals surface area contributed by atoms with Gasteiger partial charge >= 0.3 is 11.7 Å². The molecule has 84 valence electrons. The van der Waals surface area contributed by atoms with E-state index in [0.717, 1.165) is 12.1 Å². The van der Waals surface area contributed by atoms with Gasteiger partial charge in [-0.1, -0.05) is 0 Å². The van der Waals surface area contributed by atoms with Crippen molar-refractivity contribution in [3.8, 4) is 17.4 Å². The highest BCUT2D eigenvalue weighted by molar-refractivity contribution is 5.51. The van der Waals surface area contributed by atoms with E-state index < -0.39 is 5.69 Å². The summed E-state index contributed by atoms with van der Waals surface area (Å²) < 4.78 is 6.56. The molecular weight excluding hydrogens is 210 g/mol. The Labute approximate surface area is 91.1 Å². The predicted molar refractivity (Wildman–Crippen MR) is 56.1 cm³/mol. The monoisotopic (exact) mass is 221 g/mol. The molecule has 2 rings (SSSR count). The fourth-order valence-electron chi connectivity index (χ4n) is 1.25. The smallest absolute Gasteiger partial charge is 0.351 e. The Balaban J connectivity index is 2.46. The molecule has 0 aliphatic carbocycles. The first-order valence-electron chi connectivity index (χ1n) is 4.78. The molecule has 0 atom stereocenters. The van der Waals surface area contributed by atoms with E-state index in [4.69, 9.17) is 4.74 Å². The maximum atomic E-state index is 11.2. The summed E-state index contributed by atoms with van der Waals surface area (Å²) in [6, 6.07) is 0.0444. The van der Waals surface area contributed by atoms with Gasteiger partial charge in [-0.05, 0) is 6.92 Å². The van der Waals surface area contributed by atoms with Crippen LogP contribution in [0, 0.1) is 0 Å². The lowest BCUT2D eigenvalue weighted by atomic mass is 10.3. The molecule has 0 saturated heterocycles. The molecule has 2 aromatic rings. The fourth-order valence-corrected chi connectivity index (χ4v) is 1.25. The third kappa shape index (κ3) is 1.92. The summed E-state index contributed by atoms with van der Waals surface area (Å²) in [5, 5.41) is 4.09. The van der Waals surface area contributed by atoms with Gasteiger partial charge in [0.1, 0.15) is 5.82 Å². The molecule has 7 nitrogen and oxygen atoms in total. The quantitative estimate of drug-likeness (QED) is 0.791. The van der Waals surface area contributed by atoms with Gasteiger partial charge in [0.05, 0.1) is 18.9 Å². The average molecular weight is 221 g/mol. The number of H-pyrrole nitrogens is 1. The van der Waals surface area contributed by atoms with Crippen LogP contribution in [-0.4, -0.2) is 31.8 Å². The normalized spacial score (nSPS) is 10.4. The summed E-state index contributed by atoms with van der Waals surface area (Å²) in [6.07, 6.45) is 3.42. The molecule has 0 fully saturated rings. The zero-order chi connectivity index (χ0) is 11.5. The second kappa shape index (κ2) is 4.13. The van der Waals surface area contributed by atoms with Crippen molar-refractivity contribution < 1.29 is 4.74 Å². The van der Waals surface area contributed by atoms with Gasteiger partial charge in [-0.15, -0.1) is 4.98 Å². The zero-order valence-electron chi connectivity index (χ0n) is 8.97. The lowest BCUT2D eigenvalue weighted by molar-refractivity contribution is 0.377. The largest absolute Gasteiger partial charge is 0.467 e. The number of aryl methyl sites for hydroxylation is 1. The van der Waals surface area contributed by atoms with Crippen LogP contribution in [0.4, 0.5) is 0 Å². The van der Waals surface area contributed by atoms with Crippen LogP contribution in [0.1, 0.15) is 6.92 Å². The van der Waals surface area contributed by atoms with Crippen molar-refractivity contribution in [3.05, 3.63) is 22.9 Å². The van der Waals surface area contributed by atoms with Gasteiger partial charge in [0.15, 0.2) is 0 Å². The zero-order valence-corrected chi connectivity index (χ0v) is 8.97. The van der Waals surface area contributed by atoms with Gasteiger partial charge in [0, 0.05) is 12.7 Å². The fraction of sp³-hybridized carbons (Fsp3) is 0.333. The molecule has 0 radical (unpaired) electrons. The molecule has 16 heavy (non-hydrogen) atoms. The molecule has 0 spiro atoms. The van der Waals surface area contributed by atoms with Gasteiger partial charge in [0.2, 0.25) is 0 Å². The topological polar surface area (TPSA) is 85.7 Å². The predicted octanol–water partition coefficient (Wildman–Crippen LogP) is 0.0569. The highest BCUT2D eigenvalue weighted by Gasteiger charge is 2.07. The molecule has 0 saturated carbocycles. The molecule has 0 unspecified atom stereocenters. The van der Waals surface area contributed by atoms with Crippen molar-refractivity contribution in [1.82, 2.24) is 24.7 Å². The first-order chi connectivity index (χ1) is 7.72. The van der Waals surface area contributed by atoms with Crippen LogP contribution in [0.3, 0.4) is 0 Å². The Hall–Kier alpha value is -2.18. The molecule has 0 bridgehead atoms. The third-order valence-electron chi connectivity index (χ3n) is 2.04. The highest BCUT2D eigenvalue weighted by Crippen LogP contribution is 2.13. The minimum atomic E-state index is -0.494. The van der Waals surface area contributed by atoms with Gasteiger partial charge in [0.25, 0.3) is 0 Å². The standard InChI is InChI=1S/C9H11N5O2/c1-3-14-5-6(4-10-14)7-11-8(15)13-9(12-7)16-2/h4-5H,3H2,1-2H3,(H,11,12,13,15). The van der Waals surface area contributed by atoms with E-state index in [1.807, 2.05) is 6.92 Å². The first kappa shape index (κ1) is 10.3. The van der Waals surface area contributed by atoms with E-state index in [1.165, 1.54) is 7.11 Å². The maximum absolute atomic E-state index is 11.2. The van der Waals surface area contributed by atoms with E-state index in [1.54, 1.807) is 17.1 Å². The second-order valence-electron chi connectivity index (χ2n) is 3.07. The van der Waals surface area contributed by atoms with E-state index in [-0.39, 0.29) is 6.01 Å². The van der Waals surface area contributed by atoms with E-state index in [9.17, 15) is 4.79 Å². The molecule has 2 aromatic heterocycles. The molecule has 0 aromatic carbocycles. The Bertz CT molecular complexity index is 545. The van der Waals surface area contributed by atoms with Crippen molar-refractivity contribution in [2.45, 2.75) is 13.5 Å². The van der Waals surface area contributed by atoms with E-state index in [2.05, 4.69) is 20.1 Å². The van der Waals surface area contributed by atoms with Crippen LogP contribution >= 0.6 is 0 Å². The minimum Gasteiger partial charge on any atom is -0.467 e. The van der Waals surface area contributed by atoms with Crippen molar-refractivity contribution >= 4 is 0 Å². The lowest BCUT2D eigenvalue weighted by Gasteiger charge is -1.99. The van der Waals surface area contributed by atoms with Crippen LogP contribution in [-0.2, 0) is 6.54 Å². The van der Waals surface area contributed by atoms with Crippen LogP contribution in [0.15, 0.2) is 17.2 Å². The summed E-state index contributed by atoms with van der Waals surface area (Å²) in [5.74, 6) is 0.400. The number of nitrogens with zero attached hydrogens (tertiary/aromatic N) is 4. The summed E-state index contributed by atoms with van der Waals surface area (Å²) in [5.41, 5.74) is 0.228. The summed E-state index contributed by atoms with van der Waals surface area (Å²) in [6.45, 7) is 2.73. The first-order valence-corrected chi connectivity index (χ1v) is 4.78. The number of hydrogen-bond acceptors (Lipinski definition) is 5. The molecule has 0 amide bonds. The SMILES string of the molecule is CCn1cc(-c2nc(OC)nc(=O)[nH]2)cn1. The van der Waals surface area contributed by atoms with Crippen LogP contribution in [0.25, 0.3) is 11.4 Å². The van der Waals surface area contributed by atoms with Crippen molar-refractivity contribution in [3.63, 3.8) is 0 Å². The Morgan fingerprint density at radius 2 is 2.31 bits per heavy atom. The van der Waals surface area contributed by atoms with Crippen LogP contribution in [0.2, 0.25) is 0 Å². The Morgan fingerprint density at radius 1 is 1.50 bits per heavy atom. The molecular formula is C9H11N5O2.